The van der Waals surface area contributed by atoms with Crippen molar-refractivity contribution < 1.29 is 37.3 Å². The van der Waals surface area contributed by atoms with E-state index in [9.17, 15) is 19.0 Å². The lowest BCUT2D eigenvalue weighted by molar-refractivity contribution is -0.870. The van der Waals surface area contributed by atoms with E-state index in [1.165, 1.54) is 270 Å². The summed E-state index contributed by atoms with van der Waals surface area (Å²) in [5.74, 6) is -0.518. The van der Waals surface area contributed by atoms with Crippen LogP contribution in [0.4, 0.5) is 0 Å². The van der Waals surface area contributed by atoms with Gasteiger partial charge in [0, 0.05) is 12.8 Å². The molecule has 0 bridgehead atoms. The summed E-state index contributed by atoms with van der Waals surface area (Å²) in [6.07, 6.45) is 73.0. The average Bonchev–Trinajstić information content (AvgIpc) is 3.42. The number of likely N-dealkylation sites (N-methyl/N-ethyl adjacent to an activating group) is 1. The van der Waals surface area contributed by atoms with E-state index in [0.29, 0.717) is 17.4 Å². The van der Waals surface area contributed by atoms with E-state index < -0.39 is 20.0 Å². The predicted molar refractivity (Wildman–Crippen MR) is 344 cm³/mol. The number of nitrogens with zero attached hydrogens (tertiary/aromatic N) is 1. The second-order valence-corrected chi connectivity index (χ2v) is 26.8. The standard InChI is InChI=1S/C70H137N2O7P/c1-7-10-13-16-19-22-25-28-30-32-33-34-35-36-37-38-39-40-42-45-48-51-54-57-60-63-70(74)79-68(61-58-55-52-49-46-43-27-24-21-18-15-12-9-3)67(66-78-80(75,76)77-65-64-72(4,5)6)71-69(73)62-59-56-53-50-47-44-41-31-29-26-23-20-17-14-11-8-2/h28,30,58,61,67-68H,7-27,29,31-57,59-60,62-66H2,1-6H3,(H-,71,73,75,76)/b30-28+,61-58+. The molecule has 0 aliphatic carbocycles. The highest BCUT2D eigenvalue weighted by molar-refractivity contribution is 7.45. The number of amides is 1. The molecular formula is C70H137N2O7P. The second-order valence-electron chi connectivity index (χ2n) is 25.4. The monoisotopic (exact) mass is 1150 g/mol. The SMILES string of the molecule is CCCCCCCC/C=C/CCCCCCCCCCCCCCCCCC(=O)OC(/C=C/CCCCCCCCCCCCC)C(COP(=O)([O-])OCC[N+](C)(C)C)NC(=O)CCCCCCCCCCCCCCCCCC. The molecule has 0 saturated carbocycles. The Balaban J connectivity index is 5.05. The molecule has 0 aromatic carbocycles. The molecule has 0 fully saturated rings. The Morgan fingerprint density at radius 2 is 0.725 bits per heavy atom. The van der Waals surface area contributed by atoms with E-state index in [-0.39, 0.29) is 31.5 Å². The minimum Gasteiger partial charge on any atom is -0.756 e. The first kappa shape index (κ1) is 78.5. The van der Waals surface area contributed by atoms with Crippen molar-refractivity contribution in [1.82, 2.24) is 5.32 Å². The largest absolute Gasteiger partial charge is 0.756 e. The Bertz CT molecular complexity index is 1420. The van der Waals surface area contributed by atoms with Crippen molar-refractivity contribution in [3.8, 4) is 0 Å². The Labute approximate surface area is 498 Å². The minimum atomic E-state index is -4.70. The molecule has 1 N–H and O–H groups in total. The molecule has 0 rings (SSSR count). The summed E-state index contributed by atoms with van der Waals surface area (Å²) in [6.45, 7) is 6.91. The van der Waals surface area contributed by atoms with Crippen LogP contribution in [0.1, 0.15) is 361 Å². The highest BCUT2D eigenvalue weighted by Gasteiger charge is 2.27. The van der Waals surface area contributed by atoms with Gasteiger partial charge in [0.25, 0.3) is 7.82 Å². The number of carbonyl (C=O) groups excluding carboxylic acids is 2. The molecule has 1 amide bonds. The first-order chi connectivity index (χ1) is 38.9. The second kappa shape index (κ2) is 60.6. The number of phosphoric ester groups is 1. The third-order valence-corrected chi connectivity index (χ3v) is 17.1. The van der Waals surface area contributed by atoms with Gasteiger partial charge in [-0.1, -0.05) is 315 Å². The number of quaternary nitrogens is 1. The zero-order valence-electron chi connectivity index (χ0n) is 54.3. The summed E-state index contributed by atoms with van der Waals surface area (Å²) in [4.78, 5) is 40.1. The van der Waals surface area contributed by atoms with Crippen molar-refractivity contribution in [3.05, 3.63) is 24.3 Å². The molecule has 0 heterocycles. The van der Waals surface area contributed by atoms with Gasteiger partial charge in [-0.3, -0.25) is 14.2 Å². The molecule has 474 valence electrons. The molecule has 0 aliphatic heterocycles. The molecule has 0 radical (unpaired) electrons. The van der Waals surface area contributed by atoms with Crippen LogP contribution in [0.3, 0.4) is 0 Å². The molecule has 80 heavy (non-hydrogen) atoms. The fourth-order valence-electron chi connectivity index (χ4n) is 10.7. The van der Waals surface area contributed by atoms with Crippen molar-refractivity contribution >= 4 is 19.7 Å². The van der Waals surface area contributed by atoms with Gasteiger partial charge in [-0.2, -0.15) is 0 Å². The predicted octanol–water partition coefficient (Wildman–Crippen LogP) is 21.4. The van der Waals surface area contributed by atoms with Crippen molar-refractivity contribution in [2.75, 3.05) is 40.9 Å². The molecule has 0 aliphatic rings. The zero-order chi connectivity index (χ0) is 58.6. The summed E-state index contributed by atoms with van der Waals surface area (Å²) in [7, 11) is 1.21. The lowest BCUT2D eigenvalue weighted by atomic mass is 10.0. The summed E-state index contributed by atoms with van der Waals surface area (Å²) in [5, 5.41) is 3.05. The number of esters is 1. The van der Waals surface area contributed by atoms with E-state index in [1.807, 2.05) is 33.3 Å². The molecule has 3 atom stereocenters. The van der Waals surface area contributed by atoms with E-state index in [4.69, 9.17) is 13.8 Å². The number of hydrogen-bond acceptors (Lipinski definition) is 7. The Morgan fingerprint density at radius 1 is 0.425 bits per heavy atom. The van der Waals surface area contributed by atoms with E-state index >= 15 is 0 Å². The number of carbonyl (C=O) groups is 2. The van der Waals surface area contributed by atoms with Gasteiger partial charge in [0.2, 0.25) is 5.91 Å². The normalized spacial score (nSPS) is 13.6. The quantitative estimate of drug-likeness (QED) is 0.0212. The summed E-state index contributed by atoms with van der Waals surface area (Å²) < 4.78 is 30.4. The number of nitrogens with one attached hydrogen (secondary N) is 1. The van der Waals surface area contributed by atoms with Crippen LogP contribution in [-0.2, 0) is 27.9 Å². The molecule has 0 aromatic rings. The number of allylic oxidation sites excluding steroid dienone is 3. The van der Waals surface area contributed by atoms with Crippen LogP contribution >= 0.6 is 7.82 Å². The van der Waals surface area contributed by atoms with Gasteiger partial charge in [0.15, 0.2) is 0 Å². The van der Waals surface area contributed by atoms with Crippen molar-refractivity contribution in [1.29, 1.82) is 0 Å². The third kappa shape index (κ3) is 61.1. The zero-order valence-corrected chi connectivity index (χ0v) is 55.2. The summed E-state index contributed by atoms with van der Waals surface area (Å²) in [6, 6.07) is -0.882. The molecule has 0 aromatic heterocycles. The molecule has 9 nitrogen and oxygen atoms in total. The van der Waals surface area contributed by atoms with Crippen molar-refractivity contribution in [3.63, 3.8) is 0 Å². The Hall–Kier alpha value is -1.51. The lowest BCUT2D eigenvalue weighted by Gasteiger charge is -2.30. The fraction of sp³-hybridized carbons (Fsp3) is 0.914. The van der Waals surface area contributed by atoms with Crippen molar-refractivity contribution in [2.24, 2.45) is 0 Å². The van der Waals surface area contributed by atoms with Gasteiger partial charge in [0.05, 0.1) is 33.8 Å². The van der Waals surface area contributed by atoms with Gasteiger partial charge in [-0.25, -0.2) is 0 Å². The van der Waals surface area contributed by atoms with Gasteiger partial charge in [0.1, 0.15) is 19.3 Å². The van der Waals surface area contributed by atoms with Gasteiger partial charge in [-0.05, 0) is 57.4 Å². The maximum atomic E-state index is 13.6. The minimum absolute atomic E-state index is 0.0177. The maximum Gasteiger partial charge on any atom is 0.306 e. The molecule has 10 heteroatoms. The molecule has 0 saturated heterocycles. The highest BCUT2D eigenvalue weighted by atomic mass is 31.2. The number of phosphoric acid groups is 1. The van der Waals surface area contributed by atoms with Crippen LogP contribution in [-0.4, -0.2) is 69.4 Å². The third-order valence-electron chi connectivity index (χ3n) is 16.1. The van der Waals surface area contributed by atoms with Crippen molar-refractivity contribution in [2.45, 2.75) is 373 Å². The van der Waals surface area contributed by atoms with Gasteiger partial charge < -0.3 is 28.5 Å². The van der Waals surface area contributed by atoms with Crippen LogP contribution in [0.15, 0.2) is 24.3 Å². The van der Waals surface area contributed by atoms with E-state index in [1.54, 1.807) is 0 Å². The maximum absolute atomic E-state index is 13.6. The molecular weight excluding hydrogens is 1010 g/mol. The number of unbranched alkanes of at least 4 members (excludes halogenated alkanes) is 47. The van der Waals surface area contributed by atoms with Gasteiger partial charge >= 0.3 is 5.97 Å². The Kier molecular flexibility index (Phi) is 59.5. The number of hydrogen-bond donors (Lipinski definition) is 1. The Morgan fingerprint density at radius 3 is 1.06 bits per heavy atom. The molecule has 3 unspecified atom stereocenters. The number of ether oxygens (including phenoxy) is 1. The lowest BCUT2D eigenvalue weighted by Crippen LogP contribution is -2.47. The number of rotatable bonds is 65. The topological polar surface area (TPSA) is 114 Å². The highest BCUT2D eigenvalue weighted by Crippen LogP contribution is 2.38. The van der Waals surface area contributed by atoms with E-state index in [2.05, 4.69) is 38.2 Å². The summed E-state index contributed by atoms with van der Waals surface area (Å²) in [5.41, 5.74) is 0. The van der Waals surface area contributed by atoms with E-state index in [0.717, 1.165) is 57.8 Å². The van der Waals surface area contributed by atoms with Gasteiger partial charge in [-0.15, -0.1) is 0 Å². The summed E-state index contributed by atoms with van der Waals surface area (Å²) >= 11 is 0. The van der Waals surface area contributed by atoms with Crippen LogP contribution in [0.2, 0.25) is 0 Å². The van der Waals surface area contributed by atoms with Crippen LogP contribution in [0.25, 0.3) is 0 Å². The van der Waals surface area contributed by atoms with Crippen LogP contribution in [0, 0.1) is 0 Å². The molecule has 0 spiro atoms. The van der Waals surface area contributed by atoms with Crippen LogP contribution < -0.4 is 10.2 Å². The average molecular weight is 1150 g/mol. The fourth-order valence-corrected chi connectivity index (χ4v) is 11.4. The smallest absolute Gasteiger partial charge is 0.306 e. The van der Waals surface area contributed by atoms with Crippen LogP contribution in [0.5, 0.6) is 0 Å². The first-order valence-corrected chi connectivity index (χ1v) is 36.6. The first-order valence-electron chi connectivity index (χ1n) is 35.1.